The van der Waals surface area contributed by atoms with Crippen molar-refractivity contribution in [3.63, 3.8) is 0 Å². The Kier molecular flexibility index (Phi) is 9.15. The van der Waals surface area contributed by atoms with Gasteiger partial charge in [0.1, 0.15) is 11.6 Å². The number of nitrogens with one attached hydrogen (secondary N) is 3. The maximum atomic E-state index is 13.7. The van der Waals surface area contributed by atoms with Gasteiger partial charge in [-0.15, -0.1) is 0 Å². The molecule has 0 saturated carbocycles. The summed E-state index contributed by atoms with van der Waals surface area (Å²) in [6.45, 7) is 1.83. The number of hydrogen-bond donors (Lipinski definition) is 3. The van der Waals surface area contributed by atoms with Crippen LogP contribution in [0.5, 0.6) is 5.75 Å². The summed E-state index contributed by atoms with van der Waals surface area (Å²) < 4.78 is 109. The molecule has 0 spiro atoms. The van der Waals surface area contributed by atoms with Gasteiger partial charge in [0.25, 0.3) is 0 Å². The second kappa shape index (κ2) is 12.8. The summed E-state index contributed by atoms with van der Waals surface area (Å²) in [5.74, 6) is -2.61. The highest BCUT2D eigenvalue weighted by Crippen LogP contribution is 2.33. The summed E-state index contributed by atoms with van der Waals surface area (Å²) in [5.41, 5.74) is 2.08. The summed E-state index contributed by atoms with van der Waals surface area (Å²) in [6, 6.07) is 6.93. The zero-order valence-corrected chi connectivity index (χ0v) is 21.7. The van der Waals surface area contributed by atoms with Crippen LogP contribution in [-0.2, 0) is 12.7 Å². The van der Waals surface area contributed by atoms with Gasteiger partial charge in [0.15, 0.2) is 0 Å². The van der Waals surface area contributed by atoms with Crippen LogP contribution in [0.15, 0.2) is 60.0 Å². The van der Waals surface area contributed by atoms with Gasteiger partial charge in [0.2, 0.25) is 17.8 Å². The Bertz CT molecular complexity index is 1580. The van der Waals surface area contributed by atoms with E-state index in [-0.39, 0.29) is 35.6 Å². The molecule has 3 N–H and O–H groups in total. The van der Waals surface area contributed by atoms with Crippen molar-refractivity contribution in [1.82, 2.24) is 24.9 Å². The lowest BCUT2D eigenvalue weighted by molar-refractivity contribution is -0.253. The molecule has 0 atom stereocenters. The standard InChI is InChI=1S/C25H19F8N9O/c1-13-9-35-16(11-34-13)12-36-21-39-22(38-15-5-6-19(26)18(8-15)24(29,30)31)41-23(40-21)42-37-10-14-3-2-4-17(7-14)43-25(32,33)20(27)28/h2-11,20H,12H2,1H3,(H3,36,38,39,40,41,42)/b37-10+. The van der Waals surface area contributed by atoms with E-state index >= 15 is 0 Å². The first-order chi connectivity index (χ1) is 20.3. The highest BCUT2D eigenvalue weighted by molar-refractivity contribution is 5.80. The van der Waals surface area contributed by atoms with Crippen molar-refractivity contribution in [3.05, 3.63) is 83.2 Å². The molecule has 226 valence electrons. The number of hydrogen-bond acceptors (Lipinski definition) is 10. The molecular weight excluding hydrogens is 594 g/mol. The Hall–Kier alpha value is -5.16. The molecular formula is C25H19F8N9O. The second-order valence-electron chi connectivity index (χ2n) is 8.53. The number of nitrogens with zero attached hydrogens (tertiary/aromatic N) is 6. The molecule has 10 nitrogen and oxygen atoms in total. The molecule has 0 unspecified atom stereocenters. The van der Waals surface area contributed by atoms with Gasteiger partial charge in [0.05, 0.1) is 35.9 Å². The van der Waals surface area contributed by atoms with Crippen LogP contribution in [0.2, 0.25) is 0 Å². The fourth-order valence-corrected chi connectivity index (χ4v) is 3.22. The summed E-state index contributed by atoms with van der Waals surface area (Å²) in [7, 11) is 0. The molecule has 4 rings (SSSR count). The number of rotatable bonds is 11. The van der Waals surface area contributed by atoms with Crippen molar-refractivity contribution in [2.45, 2.75) is 32.2 Å². The predicted molar refractivity (Wildman–Crippen MR) is 138 cm³/mol. The van der Waals surface area contributed by atoms with E-state index in [1.54, 1.807) is 6.92 Å². The smallest absolute Gasteiger partial charge is 0.428 e. The van der Waals surface area contributed by atoms with Gasteiger partial charge in [-0.3, -0.25) is 9.97 Å². The van der Waals surface area contributed by atoms with E-state index in [9.17, 15) is 35.1 Å². The fraction of sp³-hybridized carbons (Fsp3) is 0.200. The van der Waals surface area contributed by atoms with Crippen molar-refractivity contribution < 1.29 is 39.9 Å². The van der Waals surface area contributed by atoms with Crippen LogP contribution in [0.25, 0.3) is 0 Å². The molecule has 0 bridgehead atoms. The van der Waals surface area contributed by atoms with E-state index in [0.29, 0.717) is 23.5 Å². The first-order valence-corrected chi connectivity index (χ1v) is 11.9. The SMILES string of the molecule is Cc1cnc(CNc2nc(N/N=C/c3cccc(OC(F)(F)C(F)F)c3)nc(Nc3ccc(F)c(C(F)(F)F)c3)n2)cn1. The number of ether oxygens (including phenoxy) is 1. The average Bonchev–Trinajstić information content (AvgIpc) is 2.93. The number of aryl methyl sites for hydroxylation is 1. The lowest BCUT2D eigenvalue weighted by Crippen LogP contribution is -2.33. The molecule has 0 aliphatic carbocycles. The molecule has 4 aromatic rings. The van der Waals surface area contributed by atoms with Crippen LogP contribution < -0.4 is 20.8 Å². The number of halogens is 8. The highest BCUT2D eigenvalue weighted by atomic mass is 19.4. The summed E-state index contributed by atoms with van der Waals surface area (Å²) in [6.07, 6.45) is -9.58. The van der Waals surface area contributed by atoms with E-state index < -0.39 is 35.8 Å². The Labute approximate surface area is 237 Å². The van der Waals surface area contributed by atoms with Gasteiger partial charge in [-0.25, -0.2) is 9.82 Å². The van der Waals surface area contributed by atoms with Gasteiger partial charge in [-0.05, 0) is 42.8 Å². The largest absolute Gasteiger partial charge is 0.461 e. The fourth-order valence-electron chi connectivity index (χ4n) is 3.22. The van der Waals surface area contributed by atoms with Crippen LogP contribution in [0, 0.1) is 12.7 Å². The maximum absolute atomic E-state index is 13.7. The van der Waals surface area contributed by atoms with Crippen LogP contribution in [0.4, 0.5) is 58.7 Å². The number of anilines is 4. The normalized spacial score (nSPS) is 12.0. The summed E-state index contributed by atoms with van der Waals surface area (Å²) in [5, 5.41) is 9.26. The van der Waals surface area contributed by atoms with Crippen molar-refractivity contribution in [1.29, 1.82) is 0 Å². The lowest BCUT2D eigenvalue weighted by atomic mass is 10.2. The van der Waals surface area contributed by atoms with Gasteiger partial charge >= 0.3 is 18.7 Å². The quantitative estimate of drug-likeness (QED) is 0.104. The molecule has 0 aliphatic rings. The Morgan fingerprint density at radius 2 is 1.67 bits per heavy atom. The average molecular weight is 613 g/mol. The Morgan fingerprint density at radius 3 is 2.37 bits per heavy atom. The Balaban J connectivity index is 1.56. The van der Waals surface area contributed by atoms with E-state index in [1.807, 2.05) is 0 Å². The highest BCUT2D eigenvalue weighted by Gasteiger charge is 2.44. The first kappa shape index (κ1) is 30.8. The minimum atomic E-state index is -4.96. The molecule has 2 heterocycles. The van der Waals surface area contributed by atoms with Crippen molar-refractivity contribution in [2.24, 2.45) is 5.10 Å². The molecule has 43 heavy (non-hydrogen) atoms. The monoisotopic (exact) mass is 613 g/mol. The first-order valence-electron chi connectivity index (χ1n) is 11.9. The van der Waals surface area contributed by atoms with E-state index in [2.05, 4.69) is 50.8 Å². The van der Waals surface area contributed by atoms with Crippen LogP contribution in [0.1, 0.15) is 22.5 Å². The third kappa shape index (κ3) is 8.66. The molecule has 18 heteroatoms. The Morgan fingerprint density at radius 1 is 0.930 bits per heavy atom. The van der Waals surface area contributed by atoms with Gasteiger partial charge in [-0.2, -0.15) is 50.8 Å². The third-order valence-corrected chi connectivity index (χ3v) is 5.17. The number of benzene rings is 2. The number of hydrazone groups is 1. The predicted octanol–water partition coefficient (Wildman–Crippen LogP) is 6.17. The summed E-state index contributed by atoms with van der Waals surface area (Å²) in [4.78, 5) is 20.5. The minimum absolute atomic E-state index is 0.0830. The van der Waals surface area contributed by atoms with Crippen molar-refractivity contribution in [2.75, 3.05) is 16.1 Å². The van der Waals surface area contributed by atoms with Gasteiger partial charge < -0.3 is 15.4 Å². The second-order valence-corrected chi connectivity index (χ2v) is 8.53. The topological polar surface area (TPSA) is 122 Å². The van der Waals surface area contributed by atoms with Crippen molar-refractivity contribution >= 4 is 29.7 Å². The van der Waals surface area contributed by atoms with E-state index in [1.165, 1.54) is 24.5 Å². The number of aromatic nitrogens is 5. The van der Waals surface area contributed by atoms with Gasteiger partial charge in [0, 0.05) is 11.9 Å². The van der Waals surface area contributed by atoms with Crippen LogP contribution >= 0.6 is 0 Å². The van der Waals surface area contributed by atoms with Crippen LogP contribution in [0.3, 0.4) is 0 Å². The van der Waals surface area contributed by atoms with Crippen LogP contribution in [-0.4, -0.2) is 43.7 Å². The molecule has 0 radical (unpaired) electrons. The lowest BCUT2D eigenvalue weighted by Gasteiger charge is -2.16. The molecule has 0 amide bonds. The zero-order valence-electron chi connectivity index (χ0n) is 21.7. The third-order valence-electron chi connectivity index (χ3n) is 5.17. The molecule has 2 aromatic carbocycles. The minimum Gasteiger partial charge on any atom is -0.428 e. The molecule has 0 aliphatic heterocycles. The maximum Gasteiger partial charge on any atom is 0.461 e. The zero-order chi connectivity index (χ0) is 31.2. The van der Waals surface area contributed by atoms with E-state index in [0.717, 1.165) is 24.4 Å². The molecule has 2 aromatic heterocycles. The van der Waals surface area contributed by atoms with Gasteiger partial charge in [-0.1, -0.05) is 12.1 Å². The molecule has 0 fully saturated rings. The van der Waals surface area contributed by atoms with Crippen molar-refractivity contribution in [3.8, 4) is 5.75 Å². The van der Waals surface area contributed by atoms with E-state index in [4.69, 9.17) is 0 Å². The molecule has 0 saturated heterocycles. The number of alkyl halides is 7. The summed E-state index contributed by atoms with van der Waals surface area (Å²) >= 11 is 0.